The molecule has 0 heterocycles. The quantitative estimate of drug-likeness (QED) is 0.675. The van der Waals surface area contributed by atoms with E-state index in [0.29, 0.717) is 15.5 Å². The Hall–Kier alpha value is 0.519. The van der Waals surface area contributed by atoms with Crippen LogP contribution in [0.1, 0.15) is 0 Å². The van der Waals surface area contributed by atoms with Gasteiger partial charge in [0.05, 0.1) is 0 Å². The van der Waals surface area contributed by atoms with Crippen LogP contribution in [-0.2, 0) is 19.3 Å². The third kappa shape index (κ3) is 3.11. The van der Waals surface area contributed by atoms with Crippen molar-refractivity contribution < 1.29 is 19.3 Å². The number of anilines is 1. The first-order valence-electron chi connectivity index (χ1n) is 3.10. The van der Waals surface area contributed by atoms with E-state index < -0.39 is 0 Å². The molecular weight excluding hydrogens is 332 g/mol. The van der Waals surface area contributed by atoms with Crippen LogP contribution in [0.15, 0.2) is 18.2 Å². The zero-order valence-electron chi connectivity index (χ0n) is 6.25. The van der Waals surface area contributed by atoms with E-state index in [0.717, 1.165) is 14.3 Å². The van der Waals surface area contributed by atoms with Gasteiger partial charge < -0.3 is 0 Å². The standard InChI is InChI=1S/C6H4ClIN.CH3O.Fe/c7-5-3-4(8)1-2-6(5)9;1-2;/h1-3,9H;1H3;/q2*-1;+2. The van der Waals surface area contributed by atoms with Gasteiger partial charge in [-0.1, -0.05) is 0 Å². The molecule has 1 aromatic carbocycles. The predicted octanol–water partition coefficient (Wildman–Crippen LogP) is 2.92. The van der Waals surface area contributed by atoms with Crippen molar-refractivity contribution in [3.63, 3.8) is 0 Å². The third-order valence-corrected chi connectivity index (χ3v) is 2.75. The Morgan fingerprint density at radius 3 is 2.92 bits per heavy atom. The molecule has 2 nitrogen and oxygen atoms in total. The SMILES string of the molecule is C[O][Fe][NH]c1ccc(I)cc1Cl. The normalized spacial score (nSPS) is 10.2. The third-order valence-electron chi connectivity index (χ3n) is 1.13. The molecule has 5 heteroatoms. The maximum absolute atomic E-state index is 5.94. The first-order valence-corrected chi connectivity index (χ1v) is 5.55. The number of halogens is 2. The van der Waals surface area contributed by atoms with E-state index in [1.54, 1.807) is 7.11 Å². The second kappa shape index (κ2) is 5.29. The van der Waals surface area contributed by atoms with Crippen LogP contribution >= 0.6 is 34.2 Å². The van der Waals surface area contributed by atoms with Crippen LogP contribution in [0.25, 0.3) is 0 Å². The summed E-state index contributed by atoms with van der Waals surface area (Å²) < 4.78 is 9.02. The molecule has 0 aliphatic rings. The van der Waals surface area contributed by atoms with Crippen LogP contribution < -0.4 is 4.33 Å². The van der Waals surface area contributed by atoms with Crippen LogP contribution in [0, 0.1) is 3.57 Å². The van der Waals surface area contributed by atoms with Crippen molar-refractivity contribution >= 4 is 39.9 Å². The zero-order chi connectivity index (χ0) is 8.97. The summed E-state index contributed by atoms with van der Waals surface area (Å²) in [5, 5.41) is 0.721. The summed E-state index contributed by atoms with van der Waals surface area (Å²) in [6.45, 7) is 0. The molecule has 1 aromatic rings. The van der Waals surface area contributed by atoms with E-state index in [9.17, 15) is 0 Å². The monoisotopic (exact) mass is 339 g/mol. The number of nitrogens with one attached hydrogen (secondary N) is 1. The molecule has 0 amide bonds. The van der Waals surface area contributed by atoms with Crippen LogP contribution in [0.5, 0.6) is 0 Å². The Bertz CT molecular complexity index is 272. The molecule has 0 saturated carbocycles. The summed E-state index contributed by atoms with van der Waals surface area (Å²) in [4.78, 5) is 0. The molecule has 0 unspecified atom stereocenters. The fourth-order valence-electron chi connectivity index (χ4n) is 0.636. The van der Waals surface area contributed by atoms with Crippen molar-refractivity contribution in [2.45, 2.75) is 0 Å². The molecule has 0 aliphatic carbocycles. The summed E-state index contributed by atoms with van der Waals surface area (Å²) in [6, 6.07) is 5.83. The molecule has 68 valence electrons. The van der Waals surface area contributed by atoms with Gasteiger partial charge in [0.25, 0.3) is 0 Å². The minimum absolute atomic E-state index is 0.473. The first-order chi connectivity index (χ1) is 5.74. The Morgan fingerprint density at radius 1 is 1.58 bits per heavy atom. The first kappa shape index (κ1) is 10.6. The molecule has 12 heavy (non-hydrogen) atoms. The predicted molar refractivity (Wildman–Crippen MR) is 54.8 cm³/mol. The van der Waals surface area contributed by atoms with Gasteiger partial charge in [0.15, 0.2) is 0 Å². The van der Waals surface area contributed by atoms with Crippen molar-refractivity contribution in [3.05, 3.63) is 26.8 Å². The number of hydrogen-bond acceptors (Lipinski definition) is 2. The van der Waals surface area contributed by atoms with E-state index in [2.05, 4.69) is 26.9 Å². The van der Waals surface area contributed by atoms with Gasteiger partial charge >= 0.3 is 97.4 Å². The van der Waals surface area contributed by atoms with Gasteiger partial charge in [0.2, 0.25) is 0 Å². The van der Waals surface area contributed by atoms with Gasteiger partial charge in [0, 0.05) is 0 Å². The molecule has 0 bridgehead atoms. The van der Waals surface area contributed by atoms with E-state index in [-0.39, 0.29) is 0 Å². The molecule has 0 spiro atoms. The van der Waals surface area contributed by atoms with Gasteiger partial charge in [-0.25, -0.2) is 0 Å². The summed E-state index contributed by atoms with van der Waals surface area (Å²) in [7, 11) is 1.63. The molecule has 0 aliphatic heterocycles. The van der Waals surface area contributed by atoms with E-state index in [1.165, 1.54) is 0 Å². The molecule has 1 rings (SSSR count). The van der Waals surface area contributed by atoms with Gasteiger partial charge in [0.1, 0.15) is 0 Å². The summed E-state index contributed by atoms with van der Waals surface area (Å²) >= 11 is 8.63. The average Bonchev–Trinajstić information content (AvgIpc) is 2.03. The zero-order valence-corrected chi connectivity index (χ0v) is 10.3. The van der Waals surface area contributed by atoms with E-state index in [1.807, 2.05) is 18.2 Å². The molecule has 1 N–H and O–H groups in total. The maximum atomic E-state index is 5.94. The number of rotatable bonds is 3. The Morgan fingerprint density at radius 2 is 2.33 bits per heavy atom. The Kier molecular flexibility index (Phi) is 4.67. The van der Waals surface area contributed by atoms with Crippen LogP contribution in [0.2, 0.25) is 5.02 Å². The molecular formula is C7H7ClFeINO. The molecule has 0 saturated heterocycles. The topological polar surface area (TPSA) is 21.3 Å². The fourth-order valence-corrected chi connectivity index (χ4v) is 2.09. The molecule has 0 radical (unpaired) electrons. The second-order valence-electron chi connectivity index (χ2n) is 1.93. The van der Waals surface area contributed by atoms with Crippen molar-refractivity contribution in [3.8, 4) is 0 Å². The van der Waals surface area contributed by atoms with E-state index in [4.69, 9.17) is 15.4 Å². The number of benzene rings is 1. The molecule has 0 aromatic heterocycles. The average molecular weight is 339 g/mol. The Labute approximate surface area is 96.8 Å². The van der Waals surface area contributed by atoms with Crippen LogP contribution in [-0.4, -0.2) is 7.11 Å². The van der Waals surface area contributed by atoms with Crippen LogP contribution in [0.4, 0.5) is 5.69 Å². The number of hydrogen-bond donors (Lipinski definition) is 1. The van der Waals surface area contributed by atoms with Crippen molar-refractivity contribution in [2.75, 3.05) is 11.4 Å². The van der Waals surface area contributed by atoms with Crippen molar-refractivity contribution in [1.29, 1.82) is 0 Å². The summed E-state index contributed by atoms with van der Waals surface area (Å²) in [6.07, 6.45) is 0. The van der Waals surface area contributed by atoms with E-state index >= 15 is 0 Å². The van der Waals surface area contributed by atoms with Crippen LogP contribution in [0.3, 0.4) is 0 Å². The van der Waals surface area contributed by atoms with Crippen molar-refractivity contribution in [2.24, 2.45) is 0 Å². The second-order valence-corrected chi connectivity index (χ2v) is 4.53. The summed E-state index contributed by atoms with van der Waals surface area (Å²) in [5.74, 6) is 0. The van der Waals surface area contributed by atoms with Gasteiger partial charge in [-0.15, -0.1) is 0 Å². The van der Waals surface area contributed by atoms with Crippen molar-refractivity contribution in [1.82, 2.24) is 0 Å². The fraction of sp³-hybridized carbons (Fsp3) is 0.143. The molecule has 0 fully saturated rings. The summed E-state index contributed by atoms with van der Waals surface area (Å²) in [5.41, 5.74) is 0.902. The minimum atomic E-state index is 0.473. The van der Waals surface area contributed by atoms with Gasteiger partial charge in [-0.2, -0.15) is 0 Å². The molecule has 0 atom stereocenters. The van der Waals surface area contributed by atoms with Gasteiger partial charge in [-0.3, -0.25) is 0 Å². The Balaban J connectivity index is 2.72. The van der Waals surface area contributed by atoms with Gasteiger partial charge in [-0.05, 0) is 0 Å².